The highest BCUT2D eigenvalue weighted by Gasteiger charge is 2.30. The Morgan fingerprint density at radius 2 is 1.35 bits per heavy atom. The second-order valence-corrected chi connectivity index (χ2v) is 6.71. The molecule has 1 aliphatic heterocycles. The summed E-state index contributed by atoms with van der Waals surface area (Å²) in [6, 6.07) is 1.80. The molecule has 1 saturated heterocycles. The second kappa shape index (κ2) is 8.98. The highest BCUT2D eigenvalue weighted by Crippen LogP contribution is 2.17. The van der Waals surface area contributed by atoms with Crippen molar-refractivity contribution in [2.24, 2.45) is 11.5 Å². The summed E-state index contributed by atoms with van der Waals surface area (Å²) in [7, 11) is 0. The molecular formula is C16H36N4. The van der Waals surface area contributed by atoms with E-state index in [-0.39, 0.29) is 0 Å². The van der Waals surface area contributed by atoms with Crippen molar-refractivity contribution in [1.29, 1.82) is 0 Å². The van der Waals surface area contributed by atoms with E-state index in [0.717, 1.165) is 39.0 Å². The molecule has 4 nitrogen and oxygen atoms in total. The van der Waals surface area contributed by atoms with Crippen molar-refractivity contribution in [3.8, 4) is 0 Å². The Bertz CT molecular complexity index is 247. The lowest BCUT2D eigenvalue weighted by molar-refractivity contribution is 0.0312. The number of nitrogens with zero attached hydrogens (tertiary/aromatic N) is 2. The molecule has 20 heavy (non-hydrogen) atoms. The van der Waals surface area contributed by atoms with E-state index in [1.807, 2.05) is 0 Å². The number of nitrogens with two attached hydrogens (primary N) is 2. The molecule has 0 radical (unpaired) electrons. The van der Waals surface area contributed by atoms with Crippen LogP contribution in [0.5, 0.6) is 0 Å². The molecule has 0 aromatic heterocycles. The van der Waals surface area contributed by atoms with Gasteiger partial charge in [0.1, 0.15) is 0 Å². The van der Waals surface area contributed by atoms with E-state index in [9.17, 15) is 0 Å². The van der Waals surface area contributed by atoms with Gasteiger partial charge in [-0.15, -0.1) is 0 Å². The lowest BCUT2D eigenvalue weighted by atomic mass is 10.0. The summed E-state index contributed by atoms with van der Waals surface area (Å²) in [5.74, 6) is 0. The maximum absolute atomic E-state index is 6.22. The Kier molecular flexibility index (Phi) is 8.03. The van der Waals surface area contributed by atoms with Crippen LogP contribution in [0.25, 0.3) is 0 Å². The predicted molar refractivity (Wildman–Crippen MR) is 87.8 cm³/mol. The third kappa shape index (κ3) is 5.68. The van der Waals surface area contributed by atoms with Crippen LogP contribution in [0.15, 0.2) is 0 Å². The van der Waals surface area contributed by atoms with Crippen molar-refractivity contribution in [3.05, 3.63) is 0 Å². The van der Waals surface area contributed by atoms with Crippen molar-refractivity contribution in [3.63, 3.8) is 0 Å². The molecule has 4 heteroatoms. The zero-order valence-electron chi connectivity index (χ0n) is 14.0. The smallest absolute Gasteiger partial charge is 0.0198 e. The number of piperazine rings is 1. The zero-order chi connectivity index (χ0) is 15.1. The molecule has 0 bridgehead atoms. The predicted octanol–water partition coefficient (Wildman–Crippen LogP) is 1.64. The van der Waals surface area contributed by atoms with Gasteiger partial charge in [-0.25, -0.2) is 0 Å². The Balaban J connectivity index is 2.45. The first-order valence-electron chi connectivity index (χ1n) is 8.47. The molecule has 0 spiro atoms. The van der Waals surface area contributed by atoms with Gasteiger partial charge in [-0.05, 0) is 26.7 Å². The average Bonchev–Trinajstić information content (AvgIpc) is 2.34. The highest BCUT2D eigenvalue weighted by atomic mass is 15.3. The first kappa shape index (κ1) is 17.9. The van der Waals surface area contributed by atoms with Crippen molar-refractivity contribution < 1.29 is 0 Å². The molecule has 0 saturated carbocycles. The van der Waals surface area contributed by atoms with Crippen molar-refractivity contribution in [1.82, 2.24) is 9.80 Å². The third-order valence-electron chi connectivity index (χ3n) is 4.43. The molecule has 1 heterocycles. The number of rotatable bonds is 8. The van der Waals surface area contributed by atoms with Gasteiger partial charge in [0.15, 0.2) is 0 Å². The van der Waals surface area contributed by atoms with Gasteiger partial charge < -0.3 is 11.5 Å². The van der Waals surface area contributed by atoms with Crippen LogP contribution in [0.4, 0.5) is 0 Å². The fourth-order valence-corrected chi connectivity index (χ4v) is 3.50. The molecule has 4 atom stereocenters. The second-order valence-electron chi connectivity index (χ2n) is 6.71. The topological polar surface area (TPSA) is 58.5 Å². The third-order valence-corrected chi connectivity index (χ3v) is 4.43. The Morgan fingerprint density at radius 1 is 0.900 bits per heavy atom. The van der Waals surface area contributed by atoms with Crippen molar-refractivity contribution in [2.45, 2.75) is 77.5 Å². The lowest BCUT2D eigenvalue weighted by Gasteiger charge is -2.46. The molecule has 1 rings (SSSR count). The summed E-state index contributed by atoms with van der Waals surface area (Å²) < 4.78 is 0. The Hall–Kier alpha value is -0.160. The van der Waals surface area contributed by atoms with E-state index >= 15 is 0 Å². The molecule has 0 amide bonds. The number of hydrogen-bond acceptors (Lipinski definition) is 4. The van der Waals surface area contributed by atoms with Gasteiger partial charge in [0.25, 0.3) is 0 Å². The van der Waals surface area contributed by atoms with Gasteiger partial charge in [-0.3, -0.25) is 9.80 Å². The zero-order valence-corrected chi connectivity index (χ0v) is 14.0. The summed E-state index contributed by atoms with van der Waals surface area (Å²) in [4.78, 5) is 5.12. The largest absolute Gasteiger partial charge is 0.327 e. The van der Waals surface area contributed by atoms with Crippen LogP contribution in [0.1, 0.15) is 53.4 Å². The van der Waals surface area contributed by atoms with Gasteiger partial charge in [-0.1, -0.05) is 26.7 Å². The van der Waals surface area contributed by atoms with Gasteiger partial charge in [0.05, 0.1) is 0 Å². The summed E-state index contributed by atoms with van der Waals surface area (Å²) >= 11 is 0. The Morgan fingerprint density at radius 3 is 1.80 bits per heavy atom. The quantitative estimate of drug-likeness (QED) is 0.711. The molecule has 1 aliphatic rings. The Labute approximate surface area is 125 Å². The minimum Gasteiger partial charge on any atom is -0.327 e. The van der Waals surface area contributed by atoms with Gasteiger partial charge in [0, 0.05) is 50.3 Å². The lowest BCUT2D eigenvalue weighted by Crippen LogP contribution is -2.60. The maximum Gasteiger partial charge on any atom is 0.0198 e. The first-order chi connectivity index (χ1) is 9.47. The fraction of sp³-hybridized carbons (Fsp3) is 1.00. The fourth-order valence-electron chi connectivity index (χ4n) is 3.50. The van der Waals surface area contributed by atoms with E-state index in [2.05, 4.69) is 37.5 Å². The van der Waals surface area contributed by atoms with E-state index in [1.54, 1.807) is 0 Å². The van der Waals surface area contributed by atoms with Gasteiger partial charge in [0.2, 0.25) is 0 Å². The summed E-state index contributed by atoms with van der Waals surface area (Å²) in [5, 5.41) is 0. The van der Waals surface area contributed by atoms with Gasteiger partial charge >= 0.3 is 0 Å². The van der Waals surface area contributed by atoms with E-state index in [0.29, 0.717) is 24.2 Å². The van der Waals surface area contributed by atoms with E-state index in [1.165, 1.54) is 12.8 Å². The van der Waals surface area contributed by atoms with Crippen LogP contribution >= 0.6 is 0 Å². The first-order valence-corrected chi connectivity index (χ1v) is 8.47. The van der Waals surface area contributed by atoms with Crippen LogP contribution in [-0.2, 0) is 0 Å². The molecule has 120 valence electrons. The molecule has 4 unspecified atom stereocenters. The highest BCUT2D eigenvalue weighted by molar-refractivity contribution is 4.88. The molecule has 0 aromatic rings. The number of hydrogen-bond donors (Lipinski definition) is 2. The average molecular weight is 284 g/mol. The monoisotopic (exact) mass is 284 g/mol. The summed E-state index contributed by atoms with van der Waals surface area (Å²) in [5.41, 5.74) is 12.4. The van der Waals surface area contributed by atoms with Crippen LogP contribution in [-0.4, -0.2) is 60.1 Å². The van der Waals surface area contributed by atoms with Crippen LogP contribution in [0.2, 0.25) is 0 Å². The van der Waals surface area contributed by atoms with Crippen LogP contribution < -0.4 is 11.5 Å². The SMILES string of the molecule is CCCC(N)CN1CC(C)N(CC(N)CCC)C(C)C1. The van der Waals surface area contributed by atoms with Crippen LogP contribution in [0.3, 0.4) is 0 Å². The molecule has 0 aromatic carbocycles. The summed E-state index contributed by atoms with van der Waals surface area (Å²) in [6.45, 7) is 13.4. The minimum atomic E-state index is 0.318. The maximum atomic E-state index is 6.22. The standard InChI is InChI=1S/C16H36N4/c1-5-7-15(17)11-19-9-13(3)20(14(4)10-19)12-16(18)8-6-2/h13-16H,5-12,17-18H2,1-4H3. The van der Waals surface area contributed by atoms with E-state index < -0.39 is 0 Å². The summed E-state index contributed by atoms with van der Waals surface area (Å²) in [6.07, 6.45) is 4.61. The van der Waals surface area contributed by atoms with Crippen molar-refractivity contribution >= 4 is 0 Å². The molecule has 1 fully saturated rings. The molecule has 0 aliphatic carbocycles. The minimum absolute atomic E-state index is 0.318. The van der Waals surface area contributed by atoms with Crippen molar-refractivity contribution in [2.75, 3.05) is 26.2 Å². The molecular weight excluding hydrogens is 248 g/mol. The van der Waals surface area contributed by atoms with Gasteiger partial charge in [-0.2, -0.15) is 0 Å². The van der Waals surface area contributed by atoms with E-state index in [4.69, 9.17) is 11.5 Å². The molecule has 4 N–H and O–H groups in total. The van der Waals surface area contributed by atoms with Crippen LogP contribution in [0, 0.1) is 0 Å². The normalized spacial score (nSPS) is 28.5.